The van der Waals surface area contributed by atoms with Gasteiger partial charge in [0.1, 0.15) is 12.4 Å². The molecule has 230 valence electrons. The van der Waals surface area contributed by atoms with Crippen molar-refractivity contribution in [3.8, 4) is 5.75 Å². The third kappa shape index (κ3) is 6.92. The highest BCUT2D eigenvalue weighted by Crippen LogP contribution is 2.45. The summed E-state index contributed by atoms with van der Waals surface area (Å²) in [5.74, 6) is 0.956. The van der Waals surface area contributed by atoms with Crippen molar-refractivity contribution in [3.05, 3.63) is 58.1 Å². The Bertz CT molecular complexity index is 1380. The maximum atomic E-state index is 13.3. The fourth-order valence-electron chi connectivity index (χ4n) is 7.06. The number of anilines is 1. The van der Waals surface area contributed by atoms with Crippen LogP contribution in [-0.4, -0.2) is 43.9 Å². The van der Waals surface area contributed by atoms with Crippen molar-refractivity contribution in [2.75, 3.05) is 18.0 Å². The minimum absolute atomic E-state index is 0.121. The zero-order chi connectivity index (χ0) is 30.0. The van der Waals surface area contributed by atoms with Gasteiger partial charge in [0, 0.05) is 23.7 Å². The Kier molecular flexibility index (Phi) is 9.75. The molecule has 2 aliphatic heterocycles. The third-order valence-electron chi connectivity index (χ3n) is 10.1. The van der Waals surface area contributed by atoms with Crippen LogP contribution in [0.15, 0.2) is 36.4 Å². The van der Waals surface area contributed by atoms with Crippen molar-refractivity contribution < 1.29 is 23.1 Å². The number of amides is 1. The number of carbonyl (C=O) groups is 1. The van der Waals surface area contributed by atoms with Crippen LogP contribution in [0.25, 0.3) is 0 Å². The summed E-state index contributed by atoms with van der Waals surface area (Å²) in [6.07, 6.45) is 7.07. The van der Waals surface area contributed by atoms with Gasteiger partial charge in [-0.05, 0) is 124 Å². The van der Waals surface area contributed by atoms with Gasteiger partial charge < -0.3 is 14.7 Å². The van der Waals surface area contributed by atoms with Gasteiger partial charge in [-0.2, -0.15) is 0 Å². The first-order valence-corrected chi connectivity index (χ1v) is 17.5. The number of benzene rings is 2. The van der Waals surface area contributed by atoms with Crippen LogP contribution in [0.2, 0.25) is 5.02 Å². The number of sulfonamides is 1. The van der Waals surface area contributed by atoms with E-state index in [4.69, 9.17) is 16.3 Å². The third-order valence-corrected chi connectivity index (χ3v) is 12.2. The highest BCUT2D eigenvalue weighted by Gasteiger charge is 2.40. The molecule has 2 N–H and O–H groups in total. The van der Waals surface area contributed by atoms with Crippen molar-refractivity contribution >= 4 is 33.2 Å². The van der Waals surface area contributed by atoms with Crippen molar-refractivity contribution in [1.82, 2.24) is 4.72 Å². The van der Waals surface area contributed by atoms with Gasteiger partial charge in [0.25, 0.3) is 5.91 Å². The number of fused-ring (bicyclic) bond motifs is 3. The number of nitrogens with one attached hydrogen (secondary N) is 1. The first-order valence-electron chi connectivity index (χ1n) is 15.6. The predicted molar refractivity (Wildman–Crippen MR) is 168 cm³/mol. The fourth-order valence-corrected chi connectivity index (χ4v) is 8.56. The highest BCUT2D eigenvalue weighted by molar-refractivity contribution is 7.90. The Morgan fingerprint density at radius 1 is 1.02 bits per heavy atom. The summed E-state index contributed by atoms with van der Waals surface area (Å²) in [6, 6.07) is 11.2. The molecule has 9 heteroatoms. The number of hydrogen-bond donors (Lipinski definition) is 2. The summed E-state index contributed by atoms with van der Waals surface area (Å²) in [6.45, 7) is 7.47. The van der Waals surface area contributed by atoms with Gasteiger partial charge in [0.15, 0.2) is 0 Å². The van der Waals surface area contributed by atoms with Crippen molar-refractivity contribution in [2.45, 2.75) is 90.1 Å². The molecule has 0 aromatic heterocycles. The second-order valence-corrected chi connectivity index (χ2v) is 15.3. The lowest BCUT2D eigenvalue weighted by Crippen LogP contribution is -2.44. The van der Waals surface area contributed by atoms with E-state index in [2.05, 4.69) is 9.62 Å². The molecular formula is C33H45ClN2O5S. The number of aliphatic hydroxyl groups is 1. The Balaban J connectivity index is 1.54. The van der Waals surface area contributed by atoms with Crippen LogP contribution in [0.3, 0.4) is 0 Å². The van der Waals surface area contributed by atoms with Gasteiger partial charge in [-0.15, -0.1) is 0 Å². The van der Waals surface area contributed by atoms with Crippen LogP contribution < -0.4 is 14.4 Å². The molecule has 1 amide bonds. The van der Waals surface area contributed by atoms with E-state index in [1.165, 1.54) is 5.56 Å². The molecule has 4 unspecified atom stereocenters. The summed E-state index contributed by atoms with van der Waals surface area (Å²) in [5, 5.41) is 10.8. The first-order chi connectivity index (χ1) is 20.0. The molecule has 2 bridgehead atoms. The molecule has 0 radical (unpaired) electrons. The van der Waals surface area contributed by atoms with Crippen LogP contribution in [-0.2, 0) is 23.1 Å². The Labute approximate surface area is 256 Å². The molecule has 1 fully saturated rings. The SMILES string of the molecule is CC1CCC[C@H]([C@H](C)O)C2CCC2CN2CCCCc3cc(Cl)ccc3COc3ccc(cc32)C(=O)NS(=O)(=O)C1C. The number of hydrogen-bond acceptors (Lipinski definition) is 6. The van der Waals surface area contributed by atoms with Crippen LogP contribution in [0.4, 0.5) is 5.69 Å². The molecule has 2 heterocycles. The topological polar surface area (TPSA) is 95.9 Å². The van der Waals surface area contributed by atoms with Gasteiger partial charge in [0.2, 0.25) is 10.0 Å². The largest absolute Gasteiger partial charge is 0.487 e. The summed E-state index contributed by atoms with van der Waals surface area (Å²) < 4.78 is 35.2. The number of halogens is 1. The number of ether oxygens (including phenoxy) is 1. The van der Waals surface area contributed by atoms with Crippen LogP contribution in [0, 0.1) is 23.7 Å². The van der Waals surface area contributed by atoms with Crippen LogP contribution in [0.1, 0.15) is 87.2 Å². The monoisotopic (exact) mass is 616 g/mol. The summed E-state index contributed by atoms with van der Waals surface area (Å²) >= 11 is 6.32. The van der Waals surface area contributed by atoms with E-state index in [0.717, 1.165) is 75.7 Å². The van der Waals surface area contributed by atoms with E-state index in [-0.39, 0.29) is 11.8 Å². The molecular weight excluding hydrogens is 572 g/mol. The minimum Gasteiger partial charge on any atom is -0.487 e. The normalized spacial score (nSPS) is 29.4. The molecule has 42 heavy (non-hydrogen) atoms. The maximum absolute atomic E-state index is 13.3. The van der Waals surface area contributed by atoms with Gasteiger partial charge >= 0.3 is 0 Å². The molecule has 2 aromatic rings. The quantitative estimate of drug-likeness (QED) is 0.387. The molecule has 1 aliphatic carbocycles. The second kappa shape index (κ2) is 13.1. The summed E-state index contributed by atoms with van der Waals surface area (Å²) in [4.78, 5) is 15.7. The van der Waals surface area contributed by atoms with Gasteiger partial charge in [-0.1, -0.05) is 31.0 Å². The van der Waals surface area contributed by atoms with E-state index in [0.29, 0.717) is 34.8 Å². The lowest BCUT2D eigenvalue weighted by atomic mass is 9.64. The van der Waals surface area contributed by atoms with Crippen molar-refractivity contribution in [1.29, 1.82) is 0 Å². The number of carbonyl (C=O) groups excluding carboxylic acids is 1. The summed E-state index contributed by atoms with van der Waals surface area (Å²) in [5.41, 5.74) is 3.38. The van der Waals surface area contributed by atoms with Gasteiger partial charge in [-0.3, -0.25) is 4.79 Å². The average molecular weight is 617 g/mol. The van der Waals surface area contributed by atoms with Gasteiger partial charge in [-0.25, -0.2) is 13.1 Å². The zero-order valence-electron chi connectivity index (χ0n) is 25.0. The number of nitrogens with zero attached hydrogens (tertiary/aromatic N) is 1. The molecule has 0 saturated heterocycles. The number of aryl methyl sites for hydroxylation is 1. The first kappa shape index (κ1) is 31.1. The Hall–Kier alpha value is -2.29. The Morgan fingerprint density at radius 3 is 2.57 bits per heavy atom. The lowest BCUT2D eigenvalue weighted by molar-refractivity contribution is 0.0115. The van der Waals surface area contributed by atoms with Crippen LogP contribution >= 0.6 is 11.6 Å². The molecule has 6 atom stereocenters. The minimum atomic E-state index is -3.88. The zero-order valence-corrected chi connectivity index (χ0v) is 26.6. The number of rotatable bonds is 1. The molecule has 1 saturated carbocycles. The lowest BCUT2D eigenvalue weighted by Gasteiger charge is -2.46. The molecule has 7 nitrogen and oxygen atoms in total. The molecule has 5 rings (SSSR count). The summed E-state index contributed by atoms with van der Waals surface area (Å²) in [7, 11) is -3.88. The molecule has 2 aromatic carbocycles. The van der Waals surface area contributed by atoms with Crippen molar-refractivity contribution in [2.24, 2.45) is 23.7 Å². The van der Waals surface area contributed by atoms with E-state index in [1.54, 1.807) is 25.1 Å². The fraction of sp³-hybridized carbons (Fsp3) is 0.606. The van der Waals surface area contributed by atoms with Crippen molar-refractivity contribution in [3.63, 3.8) is 0 Å². The van der Waals surface area contributed by atoms with Gasteiger partial charge in [0.05, 0.1) is 17.0 Å². The second-order valence-electron chi connectivity index (χ2n) is 12.8. The molecule has 3 aliphatic rings. The predicted octanol–water partition coefficient (Wildman–Crippen LogP) is 6.35. The standard InChI is InChI=1S/C33H45ClN2O5S/c1-21-7-6-9-29(22(2)37)30-14-11-26(30)19-36-16-5-4-8-24-17-28(34)13-10-27(24)20-41-32-15-12-25(18-31(32)36)33(38)35-42(39,40)23(21)3/h10,12-13,15,17-18,21-23,26,29-30,37H,4-9,11,14,16,19-20H2,1-3H3,(H,35,38)/t21?,22-,23?,26?,29+,30?/m0/s1. The Morgan fingerprint density at radius 2 is 1.83 bits per heavy atom. The smallest absolute Gasteiger partial charge is 0.264 e. The molecule has 0 spiro atoms. The highest BCUT2D eigenvalue weighted by atomic mass is 35.5. The average Bonchev–Trinajstić information content (AvgIpc) is 2.96. The van der Waals surface area contributed by atoms with E-state index >= 15 is 0 Å². The number of aliphatic hydroxyl groups excluding tert-OH is 1. The maximum Gasteiger partial charge on any atom is 0.264 e. The van der Waals surface area contributed by atoms with E-state index in [1.807, 2.05) is 32.0 Å². The van der Waals surface area contributed by atoms with E-state index < -0.39 is 27.3 Å². The van der Waals surface area contributed by atoms with E-state index in [9.17, 15) is 18.3 Å². The van der Waals surface area contributed by atoms with Crippen LogP contribution in [0.5, 0.6) is 5.75 Å².